The van der Waals surface area contributed by atoms with Gasteiger partial charge in [-0.1, -0.05) is 19.1 Å². The van der Waals surface area contributed by atoms with E-state index in [0.29, 0.717) is 0 Å². The number of nitrogens with zero attached hydrogens (tertiary/aromatic N) is 1. The summed E-state index contributed by atoms with van der Waals surface area (Å²) in [6.45, 7) is 4.32. The van der Waals surface area contributed by atoms with Crippen molar-refractivity contribution in [3.63, 3.8) is 0 Å². The minimum atomic E-state index is 1.07. The van der Waals surface area contributed by atoms with E-state index in [-0.39, 0.29) is 0 Å². The van der Waals surface area contributed by atoms with Crippen LogP contribution in [0.4, 0.5) is 0 Å². The van der Waals surface area contributed by atoms with Crippen molar-refractivity contribution >= 4 is 10.8 Å². The van der Waals surface area contributed by atoms with Gasteiger partial charge in [-0.15, -0.1) is 0 Å². The van der Waals surface area contributed by atoms with Gasteiger partial charge in [0.1, 0.15) is 0 Å². The molecule has 0 saturated carbocycles. The van der Waals surface area contributed by atoms with Gasteiger partial charge >= 0.3 is 0 Å². The zero-order chi connectivity index (χ0) is 9.26. The first-order valence-electron chi connectivity index (χ1n) is 4.65. The Labute approximate surface area is 78.4 Å². The third-order valence-electron chi connectivity index (χ3n) is 2.51. The monoisotopic (exact) mass is 171 g/mol. The average molecular weight is 171 g/mol. The summed E-state index contributed by atoms with van der Waals surface area (Å²) in [5.41, 5.74) is 2.71. The van der Waals surface area contributed by atoms with E-state index in [1.807, 2.05) is 12.4 Å². The number of fused-ring (bicyclic) bond motifs is 1. The van der Waals surface area contributed by atoms with E-state index in [1.54, 1.807) is 0 Å². The van der Waals surface area contributed by atoms with Crippen molar-refractivity contribution in [1.29, 1.82) is 0 Å². The van der Waals surface area contributed by atoms with E-state index in [0.717, 1.165) is 6.42 Å². The first-order valence-corrected chi connectivity index (χ1v) is 4.65. The normalized spacial score (nSPS) is 10.6. The predicted molar refractivity (Wildman–Crippen MR) is 55.9 cm³/mol. The molecule has 1 aromatic carbocycles. The molecule has 0 aliphatic heterocycles. The molecule has 0 atom stereocenters. The lowest BCUT2D eigenvalue weighted by Gasteiger charge is -2.05. The molecular formula is C12H13N. The highest BCUT2D eigenvalue weighted by molar-refractivity contribution is 5.87. The molecule has 0 radical (unpaired) electrons. The van der Waals surface area contributed by atoms with Gasteiger partial charge in [0.05, 0.1) is 0 Å². The van der Waals surface area contributed by atoms with Crippen molar-refractivity contribution in [1.82, 2.24) is 4.98 Å². The quantitative estimate of drug-likeness (QED) is 0.642. The van der Waals surface area contributed by atoms with Crippen molar-refractivity contribution in [2.75, 3.05) is 0 Å². The smallest absolute Gasteiger partial charge is 0.0349 e. The number of rotatable bonds is 1. The Morgan fingerprint density at radius 2 is 2.00 bits per heavy atom. The molecule has 1 nitrogen and oxygen atoms in total. The second kappa shape index (κ2) is 3.17. The van der Waals surface area contributed by atoms with Gasteiger partial charge < -0.3 is 0 Å². The van der Waals surface area contributed by atoms with Crippen LogP contribution in [0.15, 0.2) is 30.6 Å². The molecule has 2 rings (SSSR count). The fourth-order valence-electron chi connectivity index (χ4n) is 1.71. The maximum absolute atomic E-state index is 4.16. The molecule has 13 heavy (non-hydrogen) atoms. The summed E-state index contributed by atoms with van der Waals surface area (Å²) in [5.74, 6) is 0. The maximum atomic E-state index is 4.16. The van der Waals surface area contributed by atoms with Crippen molar-refractivity contribution in [3.8, 4) is 0 Å². The molecule has 0 aliphatic carbocycles. The molecule has 0 N–H and O–H groups in total. The number of aromatic nitrogens is 1. The van der Waals surface area contributed by atoms with Crippen LogP contribution in [0.5, 0.6) is 0 Å². The van der Waals surface area contributed by atoms with E-state index in [2.05, 4.69) is 37.0 Å². The van der Waals surface area contributed by atoms with Crippen LogP contribution in [-0.4, -0.2) is 4.98 Å². The minimum Gasteiger partial charge on any atom is -0.264 e. The van der Waals surface area contributed by atoms with Crippen LogP contribution >= 0.6 is 0 Å². The standard InChI is InChI=1S/C12H13N/c1-3-10-5-4-9(2)11-6-7-13-8-12(10)11/h4-8H,3H2,1-2H3. The summed E-state index contributed by atoms with van der Waals surface area (Å²) in [4.78, 5) is 4.16. The van der Waals surface area contributed by atoms with Crippen LogP contribution < -0.4 is 0 Å². The summed E-state index contributed by atoms with van der Waals surface area (Å²) in [6, 6.07) is 6.46. The molecule has 0 fully saturated rings. The van der Waals surface area contributed by atoms with Crippen LogP contribution in [-0.2, 0) is 6.42 Å². The van der Waals surface area contributed by atoms with E-state index >= 15 is 0 Å². The average Bonchev–Trinajstić information content (AvgIpc) is 2.19. The van der Waals surface area contributed by atoms with E-state index in [4.69, 9.17) is 0 Å². The van der Waals surface area contributed by atoms with Gasteiger partial charge in [-0.3, -0.25) is 4.98 Å². The second-order valence-electron chi connectivity index (χ2n) is 3.32. The number of pyridine rings is 1. The number of hydrogen-bond acceptors (Lipinski definition) is 1. The maximum Gasteiger partial charge on any atom is 0.0349 e. The lowest BCUT2D eigenvalue weighted by atomic mass is 10.0. The molecule has 0 spiro atoms. The molecule has 2 aromatic rings. The minimum absolute atomic E-state index is 1.07. The lowest BCUT2D eigenvalue weighted by molar-refractivity contribution is 1.15. The Morgan fingerprint density at radius 3 is 2.77 bits per heavy atom. The van der Waals surface area contributed by atoms with Gasteiger partial charge in [-0.25, -0.2) is 0 Å². The van der Waals surface area contributed by atoms with Crippen LogP contribution in [0.25, 0.3) is 10.8 Å². The molecule has 0 saturated heterocycles. The Morgan fingerprint density at radius 1 is 1.15 bits per heavy atom. The van der Waals surface area contributed by atoms with Crippen LogP contribution in [0.1, 0.15) is 18.1 Å². The lowest BCUT2D eigenvalue weighted by Crippen LogP contribution is -1.86. The van der Waals surface area contributed by atoms with Gasteiger partial charge in [-0.2, -0.15) is 0 Å². The number of hydrogen-bond donors (Lipinski definition) is 0. The molecule has 1 aromatic heterocycles. The molecule has 0 unspecified atom stereocenters. The van der Waals surface area contributed by atoms with Crippen LogP contribution in [0, 0.1) is 6.92 Å². The summed E-state index contributed by atoms with van der Waals surface area (Å²) in [7, 11) is 0. The fourth-order valence-corrected chi connectivity index (χ4v) is 1.71. The van der Waals surface area contributed by atoms with E-state index < -0.39 is 0 Å². The molecule has 0 bridgehead atoms. The Bertz CT molecular complexity index is 432. The molecule has 0 amide bonds. The second-order valence-corrected chi connectivity index (χ2v) is 3.32. The van der Waals surface area contributed by atoms with Crippen LogP contribution in [0.2, 0.25) is 0 Å². The largest absolute Gasteiger partial charge is 0.264 e. The van der Waals surface area contributed by atoms with Gasteiger partial charge in [0.15, 0.2) is 0 Å². The topological polar surface area (TPSA) is 12.9 Å². The molecule has 1 heterocycles. The van der Waals surface area contributed by atoms with Gasteiger partial charge in [0.2, 0.25) is 0 Å². The Hall–Kier alpha value is -1.37. The molecule has 0 aliphatic rings. The van der Waals surface area contributed by atoms with Gasteiger partial charge in [0.25, 0.3) is 0 Å². The zero-order valence-corrected chi connectivity index (χ0v) is 8.04. The van der Waals surface area contributed by atoms with Gasteiger partial charge in [-0.05, 0) is 35.9 Å². The number of aryl methyl sites for hydroxylation is 2. The highest BCUT2D eigenvalue weighted by Crippen LogP contribution is 2.21. The first kappa shape index (κ1) is 8.24. The molecular weight excluding hydrogens is 158 g/mol. The summed E-state index contributed by atoms with van der Waals surface area (Å²) >= 11 is 0. The predicted octanol–water partition coefficient (Wildman–Crippen LogP) is 3.11. The van der Waals surface area contributed by atoms with E-state index in [1.165, 1.54) is 21.9 Å². The first-order chi connectivity index (χ1) is 6.33. The summed E-state index contributed by atoms with van der Waals surface area (Å²) < 4.78 is 0. The van der Waals surface area contributed by atoms with Gasteiger partial charge in [0, 0.05) is 17.8 Å². The number of benzene rings is 1. The summed E-state index contributed by atoms with van der Waals surface area (Å²) in [5, 5.41) is 2.62. The summed E-state index contributed by atoms with van der Waals surface area (Å²) in [6.07, 6.45) is 4.89. The van der Waals surface area contributed by atoms with Crippen LogP contribution in [0.3, 0.4) is 0 Å². The third-order valence-corrected chi connectivity index (χ3v) is 2.51. The van der Waals surface area contributed by atoms with Crippen molar-refractivity contribution in [3.05, 3.63) is 41.7 Å². The highest BCUT2D eigenvalue weighted by atomic mass is 14.6. The SMILES string of the molecule is CCc1ccc(C)c2ccncc12. The Balaban J connectivity index is 2.84. The Kier molecular flexibility index (Phi) is 2.01. The van der Waals surface area contributed by atoms with Crippen molar-refractivity contribution in [2.24, 2.45) is 0 Å². The highest BCUT2D eigenvalue weighted by Gasteiger charge is 2.00. The van der Waals surface area contributed by atoms with Crippen molar-refractivity contribution in [2.45, 2.75) is 20.3 Å². The van der Waals surface area contributed by atoms with E-state index in [9.17, 15) is 0 Å². The third kappa shape index (κ3) is 1.31. The van der Waals surface area contributed by atoms with Crippen molar-refractivity contribution < 1.29 is 0 Å². The molecule has 66 valence electrons. The zero-order valence-electron chi connectivity index (χ0n) is 8.04. The fraction of sp³-hybridized carbons (Fsp3) is 0.250. The molecule has 1 heteroatoms.